The van der Waals surface area contributed by atoms with Crippen LogP contribution in [0.2, 0.25) is 0 Å². The molecule has 1 atom stereocenters. The number of sulfone groups is 1. The van der Waals surface area contributed by atoms with Crippen LogP contribution in [0.25, 0.3) is 0 Å². The first-order valence-electron chi connectivity index (χ1n) is 4.77. The predicted octanol–water partition coefficient (Wildman–Crippen LogP) is 0.0198. The van der Waals surface area contributed by atoms with Crippen LogP contribution in [0.15, 0.2) is 12.4 Å². The Kier molecular flexibility index (Phi) is 4.00. The summed E-state index contributed by atoms with van der Waals surface area (Å²) in [6.45, 7) is 1.66. The third kappa shape index (κ3) is 4.77. The van der Waals surface area contributed by atoms with Crippen LogP contribution in [0.4, 0.5) is 5.82 Å². The zero-order valence-electron chi connectivity index (χ0n) is 9.41. The van der Waals surface area contributed by atoms with Crippen molar-refractivity contribution in [1.29, 1.82) is 0 Å². The van der Waals surface area contributed by atoms with Gasteiger partial charge in [-0.3, -0.25) is 4.98 Å². The van der Waals surface area contributed by atoms with Crippen molar-refractivity contribution in [3.8, 4) is 0 Å². The summed E-state index contributed by atoms with van der Waals surface area (Å²) in [7, 11) is -3.10. The molecular weight excluding hydrogens is 246 g/mol. The van der Waals surface area contributed by atoms with E-state index in [9.17, 15) is 13.2 Å². The van der Waals surface area contributed by atoms with Gasteiger partial charge >= 0.3 is 5.97 Å². The van der Waals surface area contributed by atoms with Gasteiger partial charge in [0.2, 0.25) is 0 Å². The molecular formula is C9H13N3O4S. The number of carboxylic acid groups (broad SMARTS) is 1. The average Bonchev–Trinajstić information content (AvgIpc) is 2.14. The first-order chi connectivity index (χ1) is 7.78. The highest BCUT2D eigenvalue weighted by atomic mass is 32.2. The fourth-order valence-electron chi connectivity index (χ4n) is 1.29. The maximum atomic E-state index is 11.0. The Morgan fingerprint density at radius 2 is 2.18 bits per heavy atom. The molecule has 7 nitrogen and oxygen atoms in total. The minimum Gasteiger partial charge on any atom is -0.476 e. The Morgan fingerprint density at radius 1 is 1.53 bits per heavy atom. The van der Waals surface area contributed by atoms with E-state index in [4.69, 9.17) is 5.11 Å². The molecule has 0 spiro atoms. The zero-order valence-corrected chi connectivity index (χ0v) is 10.2. The monoisotopic (exact) mass is 259 g/mol. The van der Waals surface area contributed by atoms with Gasteiger partial charge in [-0.05, 0) is 6.92 Å². The molecule has 17 heavy (non-hydrogen) atoms. The molecule has 0 amide bonds. The predicted molar refractivity (Wildman–Crippen MR) is 61.8 cm³/mol. The van der Waals surface area contributed by atoms with Gasteiger partial charge in [0.15, 0.2) is 5.69 Å². The van der Waals surface area contributed by atoms with Crippen LogP contribution in [-0.2, 0) is 9.84 Å². The van der Waals surface area contributed by atoms with E-state index in [1.165, 1.54) is 6.20 Å². The van der Waals surface area contributed by atoms with E-state index in [1.807, 2.05) is 0 Å². The van der Waals surface area contributed by atoms with Crippen LogP contribution >= 0.6 is 0 Å². The first kappa shape index (κ1) is 13.4. The van der Waals surface area contributed by atoms with Gasteiger partial charge in [0.25, 0.3) is 0 Å². The highest BCUT2D eigenvalue weighted by Crippen LogP contribution is 2.05. The third-order valence-electron chi connectivity index (χ3n) is 1.80. The molecule has 8 heteroatoms. The molecule has 0 bridgehead atoms. The lowest BCUT2D eigenvalue weighted by Gasteiger charge is -2.12. The van der Waals surface area contributed by atoms with E-state index in [0.717, 1.165) is 12.5 Å². The van der Waals surface area contributed by atoms with Crippen molar-refractivity contribution in [3.63, 3.8) is 0 Å². The molecule has 0 aromatic carbocycles. The molecule has 2 N–H and O–H groups in total. The molecule has 1 aromatic rings. The van der Waals surface area contributed by atoms with Crippen molar-refractivity contribution < 1.29 is 18.3 Å². The topological polar surface area (TPSA) is 109 Å². The van der Waals surface area contributed by atoms with Gasteiger partial charge in [0.05, 0.1) is 18.1 Å². The number of hydrogen-bond donors (Lipinski definition) is 2. The smallest absolute Gasteiger partial charge is 0.356 e. The molecule has 1 heterocycles. The molecule has 1 rings (SSSR count). The van der Waals surface area contributed by atoms with Crippen molar-refractivity contribution in [2.45, 2.75) is 13.0 Å². The summed E-state index contributed by atoms with van der Waals surface area (Å²) in [5.74, 6) is -1.01. The second-order valence-corrected chi connectivity index (χ2v) is 5.92. The van der Waals surface area contributed by atoms with E-state index < -0.39 is 15.8 Å². The molecule has 0 aliphatic carbocycles. The van der Waals surface area contributed by atoms with E-state index in [2.05, 4.69) is 15.3 Å². The fourth-order valence-corrected chi connectivity index (χ4v) is 2.28. The summed E-state index contributed by atoms with van der Waals surface area (Å²) >= 11 is 0. The molecule has 0 fully saturated rings. The maximum Gasteiger partial charge on any atom is 0.356 e. The van der Waals surface area contributed by atoms with E-state index in [0.29, 0.717) is 0 Å². The van der Waals surface area contributed by atoms with E-state index in [1.54, 1.807) is 6.92 Å². The van der Waals surface area contributed by atoms with Gasteiger partial charge in [-0.1, -0.05) is 0 Å². The normalized spacial score (nSPS) is 13.1. The summed E-state index contributed by atoms with van der Waals surface area (Å²) in [4.78, 5) is 18.1. The molecule has 1 unspecified atom stereocenters. The highest BCUT2D eigenvalue weighted by Gasteiger charge is 2.12. The largest absolute Gasteiger partial charge is 0.476 e. The lowest BCUT2D eigenvalue weighted by atomic mass is 10.4. The Bertz CT molecular complexity index is 515. The first-order valence-corrected chi connectivity index (χ1v) is 6.83. The van der Waals surface area contributed by atoms with Crippen molar-refractivity contribution in [2.24, 2.45) is 0 Å². The molecule has 0 saturated heterocycles. The van der Waals surface area contributed by atoms with Crippen LogP contribution in [-0.4, -0.2) is 47.5 Å². The van der Waals surface area contributed by atoms with Crippen LogP contribution < -0.4 is 5.32 Å². The molecule has 0 saturated carbocycles. The molecule has 94 valence electrons. The van der Waals surface area contributed by atoms with E-state index in [-0.39, 0.29) is 23.3 Å². The lowest BCUT2D eigenvalue weighted by molar-refractivity contribution is 0.0690. The summed E-state index contributed by atoms with van der Waals surface area (Å²) in [6.07, 6.45) is 3.59. The summed E-state index contributed by atoms with van der Waals surface area (Å²) in [6, 6.07) is -0.372. The highest BCUT2D eigenvalue weighted by molar-refractivity contribution is 7.90. The Balaban J connectivity index is 2.75. The summed E-state index contributed by atoms with van der Waals surface area (Å²) in [5, 5.41) is 11.5. The van der Waals surface area contributed by atoms with Crippen LogP contribution in [0.5, 0.6) is 0 Å². The zero-order chi connectivity index (χ0) is 13.1. The van der Waals surface area contributed by atoms with Gasteiger partial charge in [-0.15, -0.1) is 0 Å². The average molecular weight is 259 g/mol. The summed E-state index contributed by atoms with van der Waals surface area (Å²) in [5.41, 5.74) is -0.193. The lowest BCUT2D eigenvalue weighted by Crippen LogP contribution is -2.25. The maximum absolute atomic E-state index is 11.0. The number of carbonyl (C=O) groups is 1. The second-order valence-electron chi connectivity index (χ2n) is 3.73. The number of anilines is 1. The number of nitrogens with zero attached hydrogens (tertiary/aromatic N) is 2. The van der Waals surface area contributed by atoms with Crippen LogP contribution in [0, 0.1) is 0 Å². The SMILES string of the molecule is CC(CS(C)(=O)=O)Nc1cncc(C(=O)O)n1. The number of nitrogens with one attached hydrogen (secondary N) is 1. The summed E-state index contributed by atoms with van der Waals surface area (Å²) < 4.78 is 22.1. The van der Waals surface area contributed by atoms with Gasteiger partial charge in [-0.25, -0.2) is 18.2 Å². The minimum atomic E-state index is -3.10. The second kappa shape index (κ2) is 5.09. The Morgan fingerprint density at radius 3 is 2.71 bits per heavy atom. The minimum absolute atomic E-state index is 0.0635. The Labute approximate surface area is 98.8 Å². The quantitative estimate of drug-likeness (QED) is 0.767. The van der Waals surface area contributed by atoms with Crippen molar-refractivity contribution in [1.82, 2.24) is 9.97 Å². The van der Waals surface area contributed by atoms with Crippen LogP contribution in [0.1, 0.15) is 17.4 Å². The molecule has 0 aliphatic rings. The number of aromatic nitrogens is 2. The fraction of sp³-hybridized carbons (Fsp3) is 0.444. The van der Waals surface area contributed by atoms with Gasteiger partial charge in [0, 0.05) is 12.3 Å². The van der Waals surface area contributed by atoms with Crippen LogP contribution in [0.3, 0.4) is 0 Å². The number of aromatic carboxylic acids is 1. The van der Waals surface area contributed by atoms with Gasteiger partial charge in [-0.2, -0.15) is 0 Å². The van der Waals surface area contributed by atoms with Crippen molar-refractivity contribution in [2.75, 3.05) is 17.3 Å². The Hall–Kier alpha value is -1.70. The van der Waals surface area contributed by atoms with Crippen molar-refractivity contribution >= 4 is 21.6 Å². The van der Waals surface area contributed by atoms with Gasteiger partial charge < -0.3 is 10.4 Å². The number of carboxylic acids is 1. The standard InChI is InChI=1S/C9H13N3O4S/c1-6(5-17(2,15)16)11-8-4-10-3-7(12-8)9(13)14/h3-4,6H,5H2,1-2H3,(H,11,12)(H,13,14). The third-order valence-corrected chi connectivity index (χ3v) is 2.91. The van der Waals surface area contributed by atoms with E-state index >= 15 is 0 Å². The van der Waals surface area contributed by atoms with Crippen molar-refractivity contribution in [3.05, 3.63) is 18.1 Å². The molecule has 0 radical (unpaired) electrons. The molecule has 1 aromatic heterocycles. The van der Waals surface area contributed by atoms with Gasteiger partial charge in [0.1, 0.15) is 15.7 Å². The number of hydrogen-bond acceptors (Lipinski definition) is 6. The molecule has 0 aliphatic heterocycles. The number of rotatable bonds is 5.